The lowest BCUT2D eigenvalue weighted by molar-refractivity contribution is -0.137. The molecule has 0 aromatic heterocycles. The number of ketones is 1. The molecule has 0 aliphatic carbocycles. The number of hydrogen-bond donors (Lipinski definition) is 0. The van der Waals surface area contributed by atoms with Crippen molar-refractivity contribution in [1.29, 1.82) is 5.26 Å². The van der Waals surface area contributed by atoms with Crippen molar-refractivity contribution in [2.75, 3.05) is 25.6 Å². The number of benzene rings is 2. The van der Waals surface area contributed by atoms with Crippen LogP contribution < -0.4 is 4.90 Å². The van der Waals surface area contributed by atoms with Gasteiger partial charge in [0.25, 0.3) is 0 Å². The quantitative estimate of drug-likeness (QED) is 0.339. The Kier molecular flexibility index (Phi) is 6.51. The van der Waals surface area contributed by atoms with Crippen LogP contribution in [-0.4, -0.2) is 32.5 Å². The maximum Gasteiger partial charge on any atom is 0.349 e. The smallest absolute Gasteiger partial charge is 0.349 e. The number of anilines is 1. The Morgan fingerprint density at radius 2 is 1.78 bits per heavy atom. The summed E-state index contributed by atoms with van der Waals surface area (Å²) in [7, 11) is 3.85. The predicted molar refractivity (Wildman–Crippen MR) is 106 cm³/mol. The van der Waals surface area contributed by atoms with Gasteiger partial charge in [-0.05, 0) is 49.2 Å². The molecule has 2 rings (SSSR count). The van der Waals surface area contributed by atoms with Gasteiger partial charge >= 0.3 is 5.97 Å². The Morgan fingerprint density at radius 3 is 2.37 bits per heavy atom. The predicted octanol–water partition coefficient (Wildman–Crippen LogP) is 3.70. The summed E-state index contributed by atoms with van der Waals surface area (Å²) in [5, 5.41) is 9.25. The second kappa shape index (κ2) is 8.81. The summed E-state index contributed by atoms with van der Waals surface area (Å²) in [5.74, 6) is -1.11. The van der Waals surface area contributed by atoms with E-state index in [-0.39, 0.29) is 11.4 Å². The third-order valence-corrected chi connectivity index (χ3v) is 4.09. The zero-order chi connectivity index (χ0) is 20.0. The van der Waals surface area contributed by atoms with Crippen LogP contribution in [0.4, 0.5) is 5.69 Å². The van der Waals surface area contributed by atoms with Gasteiger partial charge in [-0.15, -0.1) is 0 Å². The number of nitriles is 1. The maximum absolute atomic E-state index is 12.3. The Balaban J connectivity index is 2.07. The monoisotopic (exact) mass is 362 g/mol. The van der Waals surface area contributed by atoms with E-state index >= 15 is 0 Å². The average Bonchev–Trinajstić information content (AvgIpc) is 2.66. The molecule has 0 fully saturated rings. The highest BCUT2D eigenvalue weighted by atomic mass is 16.5. The Bertz CT molecular complexity index is 920. The zero-order valence-electron chi connectivity index (χ0n) is 15.9. The van der Waals surface area contributed by atoms with E-state index in [1.54, 1.807) is 18.2 Å². The number of carbonyl (C=O) groups excluding carboxylic acids is 2. The maximum atomic E-state index is 12.3. The number of nitrogens with zero attached hydrogens (tertiary/aromatic N) is 2. The average molecular weight is 362 g/mol. The number of hydrogen-bond acceptors (Lipinski definition) is 5. The standard InChI is InChI=1S/C22H22N2O3/c1-15-5-6-16(2)20(11-15)21(25)14-27-22(26)18(13-23)12-17-7-9-19(10-8-17)24(3)4/h5-12H,14H2,1-4H3. The molecule has 0 spiro atoms. The first-order chi connectivity index (χ1) is 12.8. The fourth-order valence-corrected chi connectivity index (χ4v) is 2.50. The highest BCUT2D eigenvalue weighted by Crippen LogP contribution is 2.16. The molecule has 0 unspecified atom stereocenters. The van der Waals surface area contributed by atoms with Crippen molar-refractivity contribution >= 4 is 23.5 Å². The van der Waals surface area contributed by atoms with E-state index in [0.717, 1.165) is 16.8 Å². The summed E-state index contributed by atoms with van der Waals surface area (Å²) in [5.41, 5.74) is 3.85. The molecule has 0 bridgehead atoms. The molecule has 5 nitrogen and oxygen atoms in total. The van der Waals surface area contributed by atoms with Gasteiger partial charge in [0.1, 0.15) is 11.6 Å². The molecule has 0 saturated heterocycles. The third-order valence-electron chi connectivity index (χ3n) is 4.09. The van der Waals surface area contributed by atoms with Gasteiger partial charge in [0, 0.05) is 25.3 Å². The minimum atomic E-state index is -0.812. The molecule has 5 heteroatoms. The minimum Gasteiger partial charge on any atom is -0.453 e. The van der Waals surface area contributed by atoms with E-state index < -0.39 is 12.6 Å². The van der Waals surface area contributed by atoms with Crippen LogP contribution >= 0.6 is 0 Å². The van der Waals surface area contributed by atoms with Crippen molar-refractivity contribution in [3.8, 4) is 6.07 Å². The molecule has 0 aliphatic rings. The van der Waals surface area contributed by atoms with Crippen molar-refractivity contribution in [3.05, 3.63) is 70.3 Å². The Labute approximate surface area is 159 Å². The van der Waals surface area contributed by atoms with Gasteiger partial charge in [0.15, 0.2) is 6.61 Å². The molecule has 27 heavy (non-hydrogen) atoms. The number of esters is 1. The van der Waals surface area contributed by atoms with Gasteiger partial charge in [-0.25, -0.2) is 4.79 Å². The third kappa shape index (κ3) is 5.29. The molecule has 0 aliphatic heterocycles. The summed E-state index contributed by atoms with van der Waals surface area (Å²) in [4.78, 5) is 26.4. The van der Waals surface area contributed by atoms with Crippen molar-refractivity contribution in [2.24, 2.45) is 0 Å². The van der Waals surface area contributed by atoms with Gasteiger partial charge in [0.2, 0.25) is 5.78 Å². The van der Waals surface area contributed by atoms with Gasteiger partial charge in [-0.2, -0.15) is 5.26 Å². The topological polar surface area (TPSA) is 70.4 Å². The summed E-state index contributed by atoms with van der Waals surface area (Å²) in [6.07, 6.45) is 1.45. The number of aryl methyl sites for hydroxylation is 2. The zero-order valence-corrected chi connectivity index (χ0v) is 15.9. The van der Waals surface area contributed by atoms with Crippen molar-refractivity contribution in [3.63, 3.8) is 0 Å². The normalized spacial score (nSPS) is 10.9. The molecule has 0 radical (unpaired) electrons. The molecule has 0 amide bonds. The molecule has 2 aromatic rings. The summed E-state index contributed by atoms with van der Waals surface area (Å²) in [6.45, 7) is 3.31. The second-order valence-electron chi connectivity index (χ2n) is 6.47. The highest BCUT2D eigenvalue weighted by Gasteiger charge is 2.15. The van der Waals surface area contributed by atoms with Crippen LogP contribution in [0.2, 0.25) is 0 Å². The van der Waals surface area contributed by atoms with E-state index in [1.807, 2.05) is 63.2 Å². The van der Waals surface area contributed by atoms with E-state index in [4.69, 9.17) is 4.74 Å². The van der Waals surface area contributed by atoms with Crippen LogP contribution in [0, 0.1) is 25.2 Å². The number of Topliss-reactive ketones (excluding diaryl/α,β-unsaturated/α-hetero) is 1. The lowest BCUT2D eigenvalue weighted by Gasteiger charge is -2.11. The van der Waals surface area contributed by atoms with E-state index in [0.29, 0.717) is 11.1 Å². The Hall–Kier alpha value is -3.39. The number of ether oxygens (including phenoxy) is 1. The van der Waals surface area contributed by atoms with Crippen molar-refractivity contribution in [1.82, 2.24) is 0 Å². The van der Waals surface area contributed by atoms with Gasteiger partial charge < -0.3 is 9.64 Å². The molecular formula is C22H22N2O3. The molecule has 0 saturated carbocycles. The van der Waals surface area contributed by atoms with Crippen LogP contribution in [0.15, 0.2) is 48.0 Å². The van der Waals surface area contributed by atoms with Gasteiger partial charge in [-0.3, -0.25) is 4.79 Å². The molecule has 2 aromatic carbocycles. The van der Waals surface area contributed by atoms with Gasteiger partial charge in [-0.1, -0.05) is 29.8 Å². The van der Waals surface area contributed by atoms with Crippen molar-refractivity contribution in [2.45, 2.75) is 13.8 Å². The first kappa shape index (κ1) is 19.9. The fraction of sp³-hybridized carbons (Fsp3) is 0.227. The van der Waals surface area contributed by atoms with Crippen LogP contribution in [0.25, 0.3) is 6.08 Å². The largest absolute Gasteiger partial charge is 0.453 e. The molecule has 138 valence electrons. The summed E-state index contributed by atoms with van der Waals surface area (Å²) < 4.78 is 5.05. The fourth-order valence-electron chi connectivity index (χ4n) is 2.50. The highest BCUT2D eigenvalue weighted by molar-refractivity contribution is 6.02. The van der Waals surface area contributed by atoms with Crippen LogP contribution in [0.1, 0.15) is 27.0 Å². The van der Waals surface area contributed by atoms with Gasteiger partial charge in [0.05, 0.1) is 0 Å². The number of rotatable bonds is 6. The molecule has 0 atom stereocenters. The van der Waals surface area contributed by atoms with E-state index in [1.165, 1.54) is 6.08 Å². The minimum absolute atomic E-state index is 0.152. The van der Waals surface area contributed by atoms with E-state index in [9.17, 15) is 14.9 Å². The summed E-state index contributed by atoms with van der Waals surface area (Å²) >= 11 is 0. The van der Waals surface area contributed by atoms with Crippen LogP contribution in [-0.2, 0) is 9.53 Å². The molecular weight excluding hydrogens is 340 g/mol. The van der Waals surface area contributed by atoms with Crippen molar-refractivity contribution < 1.29 is 14.3 Å². The van der Waals surface area contributed by atoms with Crippen LogP contribution in [0.5, 0.6) is 0 Å². The SMILES string of the molecule is Cc1ccc(C)c(C(=O)COC(=O)C(C#N)=Cc2ccc(N(C)C)cc2)c1. The lowest BCUT2D eigenvalue weighted by Crippen LogP contribution is -2.16. The lowest BCUT2D eigenvalue weighted by atomic mass is 10.0. The molecule has 0 N–H and O–H groups in total. The Morgan fingerprint density at radius 1 is 1.11 bits per heavy atom. The van der Waals surface area contributed by atoms with Crippen LogP contribution in [0.3, 0.4) is 0 Å². The first-order valence-corrected chi connectivity index (χ1v) is 8.48. The molecule has 0 heterocycles. The first-order valence-electron chi connectivity index (χ1n) is 8.48. The number of carbonyl (C=O) groups is 2. The summed E-state index contributed by atoms with van der Waals surface area (Å²) in [6, 6.07) is 14.7. The second-order valence-corrected chi connectivity index (χ2v) is 6.47. The van der Waals surface area contributed by atoms with E-state index in [2.05, 4.69) is 0 Å².